The molecule has 1 aliphatic carbocycles. The van der Waals surface area contributed by atoms with Crippen LogP contribution in [0.3, 0.4) is 0 Å². The molecule has 0 spiro atoms. The maximum absolute atomic E-state index is 13.9. The van der Waals surface area contributed by atoms with Crippen molar-refractivity contribution in [2.75, 3.05) is 25.1 Å². The lowest BCUT2D eigenvalue weighted by Gasteiger charge is -2.31. The standard InChI is InChI=1S/C35H40FN9O4/c1-35(2,3)49-34(48)38-23(16-36)18-44-12-10-25-24(33(44)47)15-27-31(40-25)42(4)32(41-27)28-14-22-6-5-7-26(30(22)45(28)17-21-8-9-21)39-29(46)19-43-13-11-37-20-43/h5-7,11,13-15,20-21,23H,8-10,12,16-19H2,1-4H3,(H,38,48)(H,39,46)/t23-/m1/s1. The highest BCUT2D eigenvalue weighted by atomic mass is 19.1. The maximum atomic E-state index is 13.9. The largest absolute Gasteiger partial charge is 0.444 e. The number of ether oxygens (including phenoxy) is 1. The summed E-state index contributed by atoms with van der Waals surface area (Å²) in [5.74, 6) is 0.790. The Kier molecular flexibility index (Phi) is 8.33. The molecule has 5 heterocycles. The first-order valence-electron chi connectivity index (χ1n) is 16.6. The number of rotatable bonds is 10. The second-order valence-corrected chi connectivity index (χ2v) is 13.9. The van der Waals surface area contributed by atoms with E-state index in [1.54, 1.807) is 50.1 Å². The van der Waals surface area contributed by atoms with Gasteiger partial charge in [-0.3, -0.25) is 9.59 Å². The molecule has 0 radical (unpaired) electrons. The van der Waals surface area contributed by atoms with Crippen LogP contribution in [0.5, 0.6) is 0 Å². The van der Waals surface area contributed by atoms with Gasteiger partial charge in [-0.15, -0.1) is 0 Å². The predicted molar refractivity (Wildman–Crippen MR) is 182 cm³/mol. The number of aryl methyl sites for hydroxylation is 1. The summed E-state index contributed by atoms with van der Waals surface area (Å²) in [5, 5.41) is 6.62. The molecular formula is C35H40FN9O4. The van der Waals surface area contributed by atoms with Crippen molar-refractivity contribution in [1.29, 1.82) is 0 Å². The molecular weight excluding hydrogens is 629 g/mol. The average molecular weight is 670 g/mol. The van der Waals surface area contributed by atoms with Gasteiger partial charge in [0.05, 0.1) is 40.5 Å². The van der Waals surface area contributed by atoms with Crippen LogP contribution in [0.4, 0.5) is 14.9 Å². The number of aromatic nitrogens is 6. The smallest absolute Gasteiger partial charge is 0.408 e. The van der Waals surface area contributed by atoms with Gasteiger partial charge in [-0.25, -0.2) is 24.1 Å². The number of hydrogen-bond acceptors (Lipinski definition) is 7. The van der Waals surface area contributed by atoms with Crippen LogP contribution in [0.15, 0.2) is 49.1 Å². The topological polar surface area (TPSA) is 141 Å². The van der Waals surface area contributed by atoms with Crippen LogP contribution in [0.2, 0.25) is 0 Å². The third-order valence-electron chi connectivity index (χ3n) is 8.85. The molecule has 13 nitrogen and oxygen atoms in total. The fourth-order valence-electron chi connectivity index (χ4n) is 6.41. The Hall–Kier alpha value is -5.27. The predicted octanol–water partition coefficient (Wildman–Crippen LogP) is 4.70. The Morgan fingerprint density at radius 2 is 1.98 bits per heavy atom. The number of carbonyl (C=O) groups excluding carboxylic acids is 3. The van der Waals surface area contributed by atoms with E-state index in [0.717, 1.165) is 41.7 Å². The van der Waals surface area contributed by atoms with Gasteiger partial charge in [-0.1, -0.05) is 12.1 Å². The highest BCUT2D eigenvalue weighted by Crippen LogP contribution is 2.38. The number of benzene rings is 1. The minimum absolute atomic E-state index is 0.00197. The first kappa shape index (κ1) is 32.3. The Labute approximate surface area is 282 Å². The van der Waals surface area contributed by atoms with E-state index >= 15 is 0 Å². The van der Waals surface area contributed by atoms with Crippen LogP contribution in [-0.2, 0) is 36.1 Å². The molecule has 1 saturated carbocycles. The minimum atomic E-state index is -0.910. The lowest BCUT2D eigenvalue weighted by Crippen LogP contribution is -2.50. The molecule has 14 heteroatoms. The first-order valence-corrected chi connectivity index (χ1v) is 16.6. The summed E-state index contributed by atoms with van der Waals surface area (Å²) in [6, 6.07) is 8.82. The van der Waals surface area contributed by atoms with Gasteiger partial charge in [-0.2, -0.15) is 0 Å². The van der Waals surface area contributed by atoms with E-state index in [1.807, 2.05) is 29.8 Å². The summed E-state index contributed by atoms with van der Waals surface area (Å²) in [5.41, 5.74) is 4.11. The Morgan fingerprint density at radius 1 is 1.16 bits per heavy atom. The monoisotopic (exact) mass is 669 g/mol. The molecule has 3 amide bonds. The molecule has 49 heavy (non-hydrogen) atoms. The van der Waals surface area contributed by atoms with Crippen molar-refractivity contribution in [3.05, 3.63) is 60.3 Å². The Morgan fingerprint density at radius 3 is 2.69 bits per heavy atom. The Bertz CT molecular complexity index is 2060. The van der Waals surface area contributed by atoms with Crippen LogP contribution < -0.4 is 10.6 Å². The molecule has 1 aromatic carbocycles. The first-order chi connectivity index (χ1) is 23.5. The van der Waals surface area contributed by atoms with Gasteiger partial charge < -0.3 is 34.0 Å². The molecule has 0 unspecified atom stereocenters. The Balaban J connectivity index is 1.19. The average Bonchev–Trinajstić information content (AvgIpc) is 3.42. The third kappa shape index (κ3) is 6.72. The molecule has 0 bridgehead atoms. The van der Waals surface area contributed by atoms with Gasteiger partial charge >= 0.3 is 6.09 Å². The summed E-state index contributed by atoms with van der Waals surface area (Å²) in [6.45, 7) is 5.62. The van der Waals surface area contributed by atoms with Crippen LogP contribution in [0, 0.1) is 5.92 Å². The maximum Gasteiger partial charge on any atom is 0.408 e. The molecule has 1 atom stereocenters. The second-order valence-electron chi connectivity index (χ2n) is 13.9. The molecule has 2 N–H and O–H groups in total. The second kappa shape index (κ2) is 12.6. The number of hydrogen-bond donors (Lipinski definition) is 2. The summed E-state index contributed by atoms with van der Waals surface area (Å²) in [4.78, 5) is 54.4. The van der Waals surface area contributed by atoms with E-state index in [-0.39, 0.29) is 24.9 Å². The van der Waals surface area contributed by atoms with Crippen molar-refractivity contribution < 1.29 is 23.5 Å². The number of imidazole rings is 2. The van der Waals surface area contributed by atoms with Gasteiger partial charge in [0.1, 0.15) is 24.3 Å². The summed E-state index contributed by atoms with van der Waals surface area (Å²) in [7, 11) is 1.92. The van der Waals surface area contributed by atoms with Crippen LogP contribution in [0.1, 0.15) is 49.7 Å². The van der Waals surface area contributed by atoms with E-state index in [9.17, 15) is 18.8 Å². The van der Waals surface area contributed by atoms with E-state index < -0.39 is 24.4 Å². The number of alkyl carbamates (subject to hydrolysis) is 1. The van der Waals surface area contributed by atoms with Crippen LogP contribution >= 0.6 is 0 Å². The molecule has 2 aliphatic rings. The third-order valence-corrected chi connectivity index (χ3v) is 8.85. The number of para-hydroxylation sites is 1. The number of carbonyl (C=O) groups is 3. The van der Waals surface area contributed by atoms with Crippen molar-refractivity contribution in [1.82, 2.24) is 38.9 Å². The zero-order valence-corrected chi connectivity index (χ0v) is 28.1. The van der Waals surface area contributed by atoms with Crippen molar-refractivity contribution in [2.45, 2.75) is 64.8 Å². The SMILES string of the molecule is Cn1c(-c2cc3cccc(NC(=O)Cn4ccnc4)c3n2CC2CC2)nc2cc3c(nc21)CCN(C[C@@H](CF)NC(=O)OC(C)(C)C)C3=O. The van der Waals surface area contributed by atoms with Gasteiger partial charge in [0.25, 0.3) is 5.91 Å². The van der Waals surface area contributed by atoms with Crippen molar-refractivity contribution in [3.8, 4) is 11.5 Å². The summed E-state index contributed by atoms with van der Waals surface area (Å²) < 4.78 is 25.1. The van der Waals surface area contributed by atoms with E-state index in [0.29, 0.717) is 47.1 Å². The van der Waals surface area contributed by atoms with Gasteiger partial charge in [-0.05, 0) is 57.7 Å². The summed E-state index contributed by atoms with van der Waals surface area (Å²) >= 11 is 0. The quantitative estimate of drug-likeness (QED) is 0.220. The zero-order valence-electron chi connectivity index (χ0n) is 28.1. The zero-order chi connectivity index (χ0) is 34.4. The molecule has 1 aliphatic heterocycles. The highest BCUT2D eigenvalue weighted by molar-refractivity contribution is 6.03. The van der Waals surface area contributed by atoms with Gasteiger partial charge in [0.15, 0.2) is 11.5 Å². The minimum Gasteiger partial charge on any atom is -0.444 e. The van der Waals surface area contributed by atoms with Gasteiger partial charge in [0.2, 0.25) is 5.91 Å². The number of nitrogens with one attached hydrogen (secondary N) is 2. The van der Waals surface area contributed by atoms with Crippen molar-refractivity contribution >= 4 is 45.7 Å². The lowest BCUT2D eigenvalue weighted by atomic mass is 10.0. The van der Waals surface area contributed by atoms with E-state index in [4.69, 9.17) is 14.7 Å². The number of anilines is 1. The fourth-order valence-corrected chi connectivity index (χ4v) is 6.41. The molecule has 0 saturated heterocycles. The number of alkyl halides is 1. The van der Waals surface area contributed by atoms with Crippen molar-refractivity contribution in [2.24, 2.45) is 13.0 Å². The number of amides is 3. The number of pyridine rings is 1. The highest BCUT2D eigenvalue weighted by Gasteiger charge is 2.31. The molecule has 4 aromatic heterocycles. The fraction of sp³-hybridized carbons (Fsp3) is 0.429. The van der Waals surface area contributed by atoms with E-state index in [2.05, 4.69) is 26.3 Å². The lowest BCUT2D eigenvalue weighted by molar-refractivity contribution is -0.116. The van der Waals surface area contributed by atoms with Crippen LogP contribution in [0.25, 0.3) is 33.6 Å². The van der Waals surface area contributed by atoms with E-state index in [1.165, 1.54) is 4.90 Å². The van der Waals surface area contributed by atoms with Crippen molar-refractivity contribution in [3.63, 3.8) is 0 Å². The number of halogens is 1. The molecule has 1 fully saturated rings. The molecule has 5 aromatic rings. The summed E-state index contributed by atoms with van der Waals surface area (Å²) in [6.07, 6.45) is 7.03. The molecule has 7 rings (SSSR count). The van der Waals surface area contributed by atoms with Gasteiger partial charge in [0, 0.05) is 50.9 Å². The normalized spacial score (nSPS) is 15.4. The number of fused-ring (bicyclic) bond motifs is 3. The van der Waals surface area contributed by atoms with Crippen LogP contribution in [-0.4, -0.2) is 82.9 Å². The number of nitrogens with zero attached hydrogens (tertiary/aromatic N) is 7. The molecule has 256 valence electrons.